The average Bonchev–Trinajstić information content (AvgIpc) is 2.73. The topological polar surface area (TPSA) is 38.7 Å². The van der Waals surface area contributed by atoms with Gasteiger partial charge in [-0.1, -0.05) is 51.2 Å². The summed E-state index contributed by atoms with van der Waals surface area (Å²) in [7, 11) is 0. The fourth-order valence-corrected chi connectivity index (χ4v) is 2.29. The Morgan fingerprint density at radius 2 is 1.89 bits per heavy atom. The van der Waals surface area contributed by atoms with Crippen LogP contribution in [0.3, 0.4) is 0 Å². The number of aliphatic hydroxyl groups excluding tert-OH is 1. The normalized spacial score (nSPS) is 24.1. The first kappa shape index (κ1) is 16.7. The predicted molar refractivity (Wildman–Crippen MR) is 78.0 cm³/mol. The van der Waals surface area contributed by atoms with Gasteiger partial charge in [0.15, 0.2) is 5.79 Å². The fraction of sp³-hybridized carbons (Fsp3) is 0.875. The lowest BCUT2D eigenvalue weighted by atomic mass is 10.1. The zero-order chi connectivity index (χ0) is 14.1. The summed E-state index contributed by atoms with van der Waals surface area (Å²) in [6, 6.07) is 0. The molecular weight excluding hydrogens is 240 g/mol. The van der Waals surface area contributed by atoms with Gasteiger partial charge in [-0.3, -0.25) is 0 Å². The number of hydrogen-bond donors (Lipinski definition) is 1. The molecule has 19 heavy (non-hydrogen) atoms. The molecule has 1 rings (SSSR count). The Kier molecular flexibility index (Phi) is 7.66. The number of rotatable bonds is 9. The van der Waals surface area contributed by atoms with Crippen LogP contribution in [0.2, 0.25) is 0 Å². The molecule has 0 saturated carbocycles. The van der Waals surface area contributed by atoms with E-state index in [1.807, 2.05) is 19.9 Å². The number of hydrogen-bond acceptors (Lipinski definition) is 3. The number of ether oxygens (including phenoxy) is 2. The summed E-state index contributed by atoms with van der Waals surface area (Å²) in [5.41, 5.74) is 0. The van der Waals surface area contributed by atoms with Crippen molar-refractivity contribution in [3.05, 3.63) is 12.2 Å². The van der Waals surface area contributed by atoms with E-state index in [0.29, 0.717) is 6.61 Å². The smallest absolute Gasteiger partial charge is 0.163 e. The molecule has 0 radical (unpaired) electrons. The van der Waals surface area contributed by atoms with E-state index in [1.54, 1.807) is 0 Å². The number of unbranched alkanes of at least 4 members (excludes halogenated alkanes) is 6. The summed E-state index contributed by atoms with van der Waals surface area (Å²) in [6.45, 7) is 6.45. The molecule has 0 aromatic heterocycles. The van der Waals surface area contributed by atoms with Crippen LogP contribution in [0, 0.1) is 0 Å². The summed E-state index contributed by atoms with van der Waals surface area (Å²) in [5, 5.41) is 9.96. The molecule has 3 heteroatoms. The van der Waals surface area contributed by atoms with Crippen LogP contribution in [0.1, 0.15) is 65.7 Å². The molecule has 1 aliphatic rings. The van der Waals surface area contributed by atoms with Crippen molar-refractivity contribution < 1.29 is 14.6 Å². The first-order valence-electron chi connectivity index (χ1n) is 7.71. The van der Waals surface area contributed by atoms with Gasteiger partial charge >= 0.3 is 0 Å². The van der Waals surface area contributed by atoms with Gasteiger partial charge in [-0.2, -0.15) is 0 Å². The van der Waals surface area contributed by atoms with Crippen molar-refractivity contribution in [3.63, 3.8) is 0 Å². The van der Waals surface area contributed by atoms with Crippen LogP contribution in [-0.2, 0) is 9.47 Å². The molecule has 0 amide bonds. The molecule has 0 aliphatic carbocycles. The first-order chi connectivity index (χ1) is 9.05. The summed E-state index contributed by atoms with van der Waals surface area (Å²) >= 11 is 0. The highest BCUT2D eigenvalue weighted by Crippen LogP contribution is 2.24. The Labute approximate surface area is 118 Å². The molecule has 1 heterocycles. The largest absolute Gasteiger partial charge is 0.386 e. The van der Waals surface area contributed by atoms with Crippen molar-refractivity contribution in [1.82, 2.24) is 0 Å². The molecule has 0 unspecified atom stereocenters. The Bertz CT molecular complexity index is 261. The van der Waals surface area contributed by atoms with Gasteiger partial charge in [0.1, 0.15) is 12.2 Å². The van der Waals surface area contributed by atoms with Crippen molar-refractivity contribution in [3.8, 4) is 0 Å². The molecule has 1 saturated heterocycles. The lowest BCUT2D eigenvalue weighted by Gasteiger charge is -2.18. The molecule has 0 aromatic rings. The second-order valence-electron chi connectivity index (χ2n) is 5.84. The van der Waals surface area contributed by atoms with Gasteiger partial charge in [-0.05, 0) is 26.7 Å². The first-order valence-corrected chi connectivity index (χ1v) is 7.71. The molecule has 112 valence electrons. The van der Waals surface area contributed by atoms with Gasteiger partial charge in [0.05, 0.1) is 6.61 Å². The minimum absolute atomic E-state index is 0.226. The van der Waals surface area contributed by atoms with Gasteiger partial charge < -0.3 is 14.6 Å². The van der Waals surface area contributed by atoms with Crippen molar-refractivity contribution in [2.75, 3.05) is 6.61 Å². The third-order valence-electron chi connectivity index (χ3n) is 3.47. The van der Waals surface area contributed by atoms with Crippen molar-refractivity contribution in [1.29, 1.82) is 0 Å². The summed E-state index contributed by atoms with van der Waals surface area (Å²) in [4.78, 5) is 0. The van der Waals surface area contributed by atoms with Crippen molar-refractivity contribution >= 4 is 0 Å². The molecule has 3 nitrogen and oxygen atoms in total. The van der Waals surface area contributed by atoms with Gasteiger partial charge in [-0.15, -0.1) is 0 Å². The van der Waals surface area contributed by atoms with Crippen molar-refractivity contribution in [2.45, 2.75) is 83.7 Å². The molecule has 0 spiro atoms. The van der Waals surface area contributed by atoms with Crippen molar-refractivity contribution in [2.24, 2.45) is 0 Å². The third kappa shape index (κ3) is 7.09. The second-order valence-corrected chi connectivity index (χ2v) is 5.84. The Morgan fingerprint density at radius 1 is 1.21 bits per heavy atom. The SMILES string of the molecule is CCCCCCCC/C=C/[C@H](O)[C@H]1COC(C)(C)O1. The monoisotopic (exact) mass is 270 g/mol. The zero-order valence-corrected chi connectivity index (χ0v) is 12.7. The van der Waals surface area contributed by atoms with Crippen LogP contribution in [0.4, 0.5) is 0 Å². The standard InChI is InChI=1S/C16H30O3/c1-4-5-6-7-8-9-10-11-12-14(17)15-13-18-16(2,3)19-15/h11-12,14-15,17H,4-10,13H2,1-3H3/b12-11+/t14-,15+/m0/s1. The van der Waals surface area contributed by atoms with Gasteiger partial charge in [0, 0.05) is 0 Å². The molecule has 0 bridgehead atoms. The van der Waals surface area contributed by atoms with E-state index >= 15 is 0 Å². The molecule has 2 atom stereocenters. The maximum absolute atomic E-state index is 9.96. The maximum Gasteiger partial charge on any atom is 0.163 e. The summed E-state index contributed by atoms with van der Waals surface area (Å²) < 4.78 is 11.0. The lowest BCUT2D eigenvalue weighted by Crippen LogP contribution is -2.29. The third-order valence-corrected chi connectivity index (χ3v) is 3.47. The van der Waals surface area contributed by atoms with Crippen LogP contribution in [0.15, 0.2) is 12.2 Å². The van der Waals surface area contributed by atoms with Gasteiger partial charge in [-0.25, -0.2) is 0 Å². The minimum Gasteiger partial charge on any atom is -0.386 e. The van der Waals surface area contributed by atoms with Crippen LogP contribution in [0.5, 0.6) is 0 Å². The quantitative estimate of drug-likeness (QED) is 0.511. The fourth-order valence-electron chi connectivity index (χ4n) is 2.29. The van der Waals surface area contributed by atoms with E-state index in [0.717, 1.165) is 6.42 Å². The van der Waals surface area contributed by atoms with Crippen LogP contribution in [-0.4, -0.2) is 29.7 Å². The minimum atomic E-state index is -0.557. The highest BCUT2D eigenvalue weighted by Gasteiger charge is 2.35. The Hall–Kier alpha value is -0.380. The zero-order valence-electron chi connectivity index (χ0n) is 12.7. The molecular formula is C16H30O3. The van der Waals surface area contributed by atoms with E-state index in [9.17, 15) is 5.11 Å². The molecule has 1 N–H and O–H groups in total. The van der Waals surface area contributed by atoms with Crippen LogP contribution in [0.25, 0.3) is 0 Å². The predicted octanol–water partition coefficient (Wildman–Crippen LogP) is 3.81. The van der Waals surface area contributed by atoms with Crippen LogP contribution >= 0.6 is 0 Å². The number of allylic oxidation sites excluding steroid dienone is 1. The molecule has 1 fully saturated rings. The van der Waals surface area contributed by atoms with E-state index in [-0.39, 0.29) is 6.10 Å². The lowest BCUT2D eigenvalue weighted by molar-refractivity contribution is -0.147. The average molecular weight is 270 g/mol. The van der Waals surface area contributed by atoms with E-state index < -0.39 is 11.9 Å². The van der Waals surface area contributed by atoms with E-state index in [1.165, 1.54) is 38.5 Å². The Balaban J connectivity index is 2.05. The highest BCUT2D eigenvalue weighted by atomic mass is 16.7. The van der Waals surface area contributed by atoms with E-state index in [4.69, 9.17) is 9.47 Å². The summed E-state index contributed by atoms with van der Waals surface area (Å²) in [6.07, 6.45) is 12.0. The number of aliphatic hydroxyl groups is 1. The molecule has 1 aliphatic heterocycles. The maximum atomic E-state index is 9.96. The second kappa shape index (κ2) is 8.72. The highest BCUT2D eigenvalue weighted by molar-refractivity contribution is 4.94. The van der Waals surface area contributed by atoms with Gasteiger partial charge in [0.25, 0.3) is 0 Å². The van der Waals surface area contributed by atoms with Crippen LogP contribution < -0.4 is 0 Å². The Morgan fingerprint density at radius 3 is 2.53 bits per heavy atom. The van der Waals surface area contributed by atoms with Gasteiger partial charge in [0.2, 0.25) is 0 Å². The summed E-state index contributed by atoms with van der Waals surface area (Å²) in [5.74, 6) is -0.557. The van der Waals surface area contributed by atoms with E-state index in [2.05, 4.69) is 13.0 Å². The molecule has 0 aromatic carbocycles.